The van der Waals surface area contributed by atoms with Crippen LogP contribution in [0.5, 0.6) is 0 Å². The molecule has 1 amide bonds. The number of carbonyl (C=O) groups is 1. The first kappa shape index (κ1) is 15.9. The lowest BCUT2D eigenvalue weighted by molar-refractivity contribution is -0.128. The maximum absolute atomic E-state index is 12.9. The number of likely N-dealkylation sites (N-methyl/N-ethyl adjacent to an activating group) is 2. The van der Waals surface area contributed by atoms with E-state index in [-0.39, 0.29) is 22.4 Å². The Morgan fingerprint density at radius 3 is 2.37 bits per heavy atom. The van der Waals surface area contributed by atoms with Crippen LogP contribution in [0.15, 0.2) is 23.1 Å². The van der Waals surface area contributed by atoms with Gasteiger partial charge in [0.05, 0.1) is 11.6 Å². The van der Waals surface area contributed by atoms with Gasteiger partial charge in [0.25, 0.3) is 0 Å². The van der Waals surface area contributed by atoms with Crippen LogP contribution in [0.4, 0.5) is 4.39 Å². The Morgan fingerprint density at radius 1 is 1.32 bits per heavy atom. The van der Waals surface area contributed by atoms with Crippen molar-refractivity contribution in [3.63, 3.8) is 0 Å². The molecular weight excluding hydrogens is 295 g/mol. The third kappa shape index (κ3) is 3.65. The minimum absolute atomic E-state index is 0.218. The molecule has 8 heteroatoms. The zero-order valence-corrected chi connectivity index (χ0v) is 12.3. The summed E-state index contributed by atoms with van der Waals surface area (Å²) in [6.45, 7) is -0.316. The molecule has 0 saturated heterocycles. The van der Waals surface area contributed by atoms with Gasteiger partial charge in [-0.15, -0.1) is 0 Å². The maximum atomic E-state index is 12.9. The minimum Gasteiger partial charge on any atom is -0.348 e. The zero-order chi connectivity index (χ0) is 14.8. The SMILES string of the molecule is CN(C)C(=O)CN(C)S(=O)(=O)c1ccc(F)cc1Cl. The van der Waals surface area contributed by atoms with Gasteiger partial charge in [-0.05, 0) is 18.2 Å². The molecule has 1 aromatic carbocycles. The van der Waals surface area contributed by atoms with Crippen molar-refractivity contribution >= 4 is 27.5 Å². The predicted molar refractivity (Wildman–Crippen MR) is 69.9 cm³/mol. The highest BCUT2D eigenvalue weighted by molar-refractivity contribution is 7.89. The van der Waals surface area contributed by atoms with Gasteiger partial charge in [0.1, 0.15) is 10.7 Å². The zero-order valence-electron chi connectivity index (χ0n) is 10.7. The smallest absolute Gasteiger partial charge is 0.244 e. The summed E-state index contributed by atoms with van der Waals surface area (Å²) in [4.78, 5) is 12.5. The molecule has 0 unspecified atom stereocenters. The lowest BCUT2D eigenvalue weighted by Crippen LogP contribution is -2.37. The Kier molecular flexibility index (Phi) is 4.89. The topological polar surface area (TPSA) is 57.7 Å². The molecular formula is C11H14ClFN2O3S. The number of nitrogens with zero attached hydrogens (tertiary/aromatic N) is 2. The molecule has 1 aromatic rings. The minimum atomic E-state index is -3.93. The summed E-state index contributed by atoms with van der Waals surface area (Å²) in [5, 5.41) is -0.218. The second-order valence-electron chi connectivity index (χ2n) is 4.12. The lowest BCUT2D eigenvalue weighted by atomic mass is 10.3. The van der Waals surface area contributed by atoms with E-state index < -0.39 is 15.8 Å². The number of hydrogen-bond acceptors (Lipinski definition) is 3. The van der Waals surface area contributed by atoms with Crippen molar-refractivity contribution in [1.29, 1.82) is 0 Å². The number of benzene rings is 1. The normalized spacial score (nSPS) is 11.7. The van der Waals surface area contributed by atoms with Crippen LogP contribution in [0.2, 0.25) is 5.02 Å². The molecule has 0 aliphatic rings. The first-order valence-corrected chi connectivity index (χ1v) is 7.09. The van der Waals surface area contributed by atoms with Crippen LogP contribution in [-0.4, -0.2) is 51.2 Å². The highest BCUT2D eigenvalue weighted by Crippen LogP contribution is 2.24. The number of halogens is 2. The first-order valence-electron chi connectivity index (χ1n) is 5.28. The van der Waals surface area contributed by atoms with Crippen LogP contribution < -0.4 is 0 Å². The average molecular weight is 309 g/mol. The Hall–Kier alpha value is -1.18. The molecule has 5 nitrogen and oxygen atoms in total. The van der Waals surface area contributed by atoms with Crippen LogP contribution in [0.3, 0.4) is 0 Å². The molecule has 0 spiro atoms. The quantitative estimate of drug-likeness (QED) is 0.839. The molecule has 0 heterocycles. The maximum Gasteiger partial charge on any atom is 0.244 e. The number of sulfonamides is 1. The van der Waals surface area contributed by atoms with Crippen molar-refractivity contribution in [2.24, 2.45) is 0 Å². The van der Waals surface area contributed by atoms with Crippen LogP contribution >= 0.6 is 11.6 Å². The molecule has 0 aliphatic heterocycles. The van der Waals surface area contributed by atoms with Gasteiger partial charge < -0.3 is 4.90 Å². The van der Waals surface area contributed by atoms with Gasteiger partial charge >= 0.3 is 0 Å². The van der Waals surface area contributed by atoms with E-state index >= 15 is 0 Å². The summed E-state index contributed by atoms with van der Waals surface area (Å²) in [7, 11) is 0.376. The van der Waals surface area contributed by atoms with Gasteiger partial charge in [0.2, 0.25) is 15.9 Å². The molecule has 0 fully saturated rings. The Morgan fingerprint density at radius 2 is 1.89 bits per heavy atom. The average Bonchev–Trinajstić information content (AvgIpc) is 2.27. The van der Waals surface area contributed by atoms with Crippen molar-refractivity contribution in [3.8, 4) is 0 Å². The van der Waals surface area contributed by atoms with Crippen molar-refractivity contribution in [1.82, 2.24) is 9.21 Å². The van der Waals surface area contributed by atoms with E-state index in [1.807, 2.05) is 0 Å². The highest BCUT2D eigenvalue weighted by Gasteiger charge is 2.26. The third-order valence-corrected chi connectivity index (χ3v) is 4.73. The standard InChI is InChI=1S/C11H14ClFN2O3S/c1-14(2)11(16)7-15(3)19(17,18)10-5-4-8(13)6-9(10)12/h4-6H,7H2,1-3H3. The van der Waals surface area contributed by atoms with E-state index in [2.05, 4.69) is 0 Å². The fourth-order valence-corrected chi connectivity index (χ4v) is 2.89. The van der Waals surface area contributed by atoms with Gasteiger partial charge in [-0.2, -0.15) is 4.31 Å². The molecule has 0 aliphatic carbocycles. The first-order chi connectivity index (χ1) is 8.66. The molecule has 1 rings (SSSR count). The number of rotatable bonds is 4. The van der Waals surface area contributed by atoms with E-state index in [0.717, 1.165) is 22.5 Å². The fourth-order valence-electron chi connectivity index (χ4n) is 1.27. The largest absolute Gasteiger partial charge is 0.348 e. The molecule has 0 atom stereocenters. The van der Waals surface area contributed by atoms with Crippen molar-refractivity contribution in [2.45, 2.75) is 4.90 Å². The number of carbonyl (C=O) groups excluding carboxylic acids is 1. The third-order valence-electron chi connectivity index (χ3n) is 2.44. The van der Waals surface area contributed by atoms with E-state index in [4.69, 9.17) is 11.6 Å². The van der Waals surface area contributed by atoms with Crippen LogP contribution in [-0.2, 0) is 14.8 Å². The second-order valence-corrected chi connectivity index (χ2v) is 6.54. The van der Waals surface area contributed by atoms with Crippen molar-refractivity contribution in [3.05, 3.63) is 29.0 Å². The lowest BCUT2D eigenvalue weighted by Gasteiger charge is -2.19. The van der Waals surface area contributed by atoms with E-state index in [1.165, 1.54) is 26.0 Å². The number of amides is 1. The van der Waals surface area contributed by atoms with Crippen LogP contribution in [0.1, 0.15) is 0 Å². The molecule has 0 saturated carbocycles. The molecule has 0 bridgehead atoms. The Balaban J connectivity index is 3.07. The molecule has 0 radical (unpaired) electrons. The number of hydrogen-bond donors (Lipinski definition) is 0. The summed E-state index contributed by atoms with van der Waals surface area (Å²) in [5.41, 5.74) is 0. The van der Waals surface area contributed by atoms with E-state index in [9.17, 15) is 17.6 Å². The highest BCUT2D eigenvalue weighted by atomic mass is 35.5. The summed E-state index contributed by atoms with van der Waals surface area (Å²) in [5.74, 6) is -1.000. The van der Waals surface area contributed by atoms with Gasteiger partial charge in [-0.25, -0.2) is 12.8 Å². The van der Waals surface area contributed by atoms with E-state index in [1.54, 1.807) is 0 Å². The van der Waals surface area contributed by atoms with Gasteiger partial charge in [-0.3, -0.25) is 4.79 Å². The monoisotopic (exact) mass is 308 g/mol. The summed E-state index contributed by atoms with van der Waals surface area (Å²) < 4.78 is 38.1. The van der Waals surface area contributed by atoms with Crippen LogP contribution in [0, 0.1) is 5.82 Å². The molecule has 19 heavy (non-hydrogen) atoms. The molecule has 0 N–H and O–H groups in total. The van der Waals surface area contributed by atoms with Gasteiger partial charge in [0.15, 0.2) is 0 Å². The summed E-state index contributed by atoms with van der Waals surface area (Å²) in [6, 6.07) is 2.99. The van der Waals surface area contributed by atoms with Gasteiger partial charge in [0, 0.05) is 21.1 Å². The second kappa shape index (κ2) is 5.85. The molecule has 106 valence electrons. The summed E-state index contributed by atoms with van der Waals surface area (Å²) in [6.07, 6.45) is 0. The summed E-state index contributed by atoms with van der Waals surface area (Å²) >= 11 is 5.72. The van der Waals surface area contributed by atoms with E-state index in [0.29, 0.717) is 0 Å². The Bertz CT molecular complexity index is 590. The van der Waals surface area contributed by atoms with Crippen LogP contribution in [0.25, 0.3) is 0 Å². The van der Waals surface area contributed by atoms with Gasteiger partial charge in [-0.1, -0.05) is 11.6 Å². The molecule has 0 aromatic heterocycles. The predicted octanol–water partition coefficient (Wildman–Crippen LogP) is 1.19. The Labute approximate surface area is 116 Å². The van der Waals surface area contributed by atoms with Crippen molar-refractivity contribution < 1.29 is 17.6 Å². The van der Waals surface area contributed by atoms with Crippen molar-refractivity contribution in [2.75, 3.05) is 27.7 Å². The fraction of sp³-hybridized carbons (Fsp3) is 0.364.